The Morgan fingerprint density at radius 3 is 2.59 bits per heavy atom. The molecule has 2 aromatic rings. The summed E-state index contributed by atoms with van der Waals surface area (Å²) >= 11 is 12.8. The molecule has 0 aliphatic heterocycles. The SMILES string of the molecule is NNC(c1cc(Cl)cc(Br)c1)c1occc1Br. The fourth-order valence-corrected chi connectivity index (χ4v) is 2.89. The fraction of sp³-hybridized carbons (Fsp3) is 0.0909. The molecule has 17 heavy (non-hydrogen) atoms. The van der Waals surface area contributed by atoms with E-state index < -0.39 is 0 Å². The van der Waals surface area contributed by atoms with Crippen molar-refractivity contribution in [3.63, 3.8) is 0 Å². The summed E-state index contributed by atoms with van der Waals surface area (Å²) in [5.74, 6) is 6.29. The lowest BCUT2D eigenvalue weighted by atomic mass is 10.1. The van der Waals surface area contributed by atoms with Crippen molar-refractivity contribution in [2.24, 2.45) is 5.84 Å². The van der Waals surface area contributed by atoms with Crippen LogP contribution in [-0.4, -0.2) is 0 Å². The Labute approximate surface area is 121 Å². The highest BCUT2D eigenvalue weighted by atomic mass is 79.9. The number of benzene rings is 1. The normalized spacial score (nSPS) is 12.7. The predicted molar refractivity (Wildman–Crippen MR) is 74.7 cm³/mol. The van der Waals surface area contributed by atoms with Crippen molar-refractivity contribution in [2.75, 3.05) is 0 Å². The minimum absolute atomic E-state index is 0.255. The van der Waals surface area contributed by atoms with Crippen LogP contribution in [0.4, 0.5) is 0 Å². The second kappa shape index (κ2) is 5.54. The third-order valence-electron chi connectivity index (χ3n) is 2.29. The van der Waals surface area contributed by atoms with E-state index in [0.717, 1.165) is 14.5 Å². The zero-order valence-electron chi connectivity index (χ0n) is 8.58. The van der Waals surface area contributed by atoms with Crippen molar-refractivity contribution in [2.45, 2.75) is 6.04 Å². The van der Waals surface area contributed by atoms with E-state index in [1.807, 2.05) is 24.3 Å². The lowest BCUT2D eigenvalue weighted by Gasteiger charge is -2.15. The van der Waals surface area contributed by atoms with Crippen LogP contribution in [0.3, 0.4) is 0 Å². The third-order valence-corrected chi connectivity index (χ3v) is 3.62. The number of furan rings is 1. The van der Waals surface area contributed by atoms with Gasteiger partial charge in [0, 0.05) is 9.50 Å². The molecule has 3 N–H and O–H groups in total. The van der Waals surface area contributed by atoms with Crippen LogP contribution >= 0.6 is 43.5 Å². The van der Waals surface area contributed by atoms with Crippen LogP contribution in [0, 0.1) is 0 Å². The molecule has 6 heteroatoms. The number of hydrogen-bond donors (Lipinski definition) is 2. The lowest BCUT2D eigenvalue weighted by molar-refractivity contribution is 0.449. The van der Waals surface area contributed by atoms with E-state index in [4.69, 9.17) is 21.9 Å². The molecule has 0 aliphatic carbocycles. The standard InChI is InChI=1S/C11H9Br2ClN2O/c12-7-3-6(4-8(14)5-7)10(16-15)11-9(13)1-2-17-11/h1-5,10,16H,15H2. The van der Waals surface area contributed by atoms with E-state index in [1.165, 1.54) is 0 Å². The third kappa shape index (κ3) is 2.92. The van der Waals surface area contributed by atoms with Gasteiger partial charge >= 0.3 is 0 Å². The molecule has 1 unspecified atom stereocenters. The molecule has 1 aromatic heterocycles. The van der Waals surface area contributed by atoms with Crippen molar-refractivity contribution in [1.29, 1.82) is 0 Å². The molecule has 1 aromatic carbocycles. The molecular weight excluding hydrogens is 371 g/mol. The molecule has 0 fully saturated rings. The number of hydrogen-bond acceptors (Lipinski definition) is 3. The first-order valence-corrected chi connectivity index (χ1v) is 6.73. The molecule has 2 rings (SSSR count). The monoisotopic (exact) mass is 378 g/mol. The van der Waals surface area contributed by atoms with E-state index >= 15 is 0 Å². The maximum absolute atomic E-state index is 6.01. The highest BCUT2D eigenvalue weighted by Crippen LogP contribution is 2.31. The van der Waals surface area contributed by atoms with Crippen LogP contribution in [0.2, 0.25) is 5.02 Å². The van der Waals surface area contributed by atoms with E-state index in [-0.39, 0.29) is 6.04 Å². The minimum atomic E-state index is -0.255. The van der Waals surface area contributed by atoms with Crippen molar-refractivity contribution in [3.8, 4) is 0 Å². The number of halogens is 3. The maximum Gasteiger partial charge on any atom is 0.140 e. The first kappa shape index (κ1) is 13.1. The van der Waals surface area contributed by atoms with Crippen molar-refractivity contribution < 1.29 is 4.42 Å². The largest absolute Gasteiger partial charge is 0.466 e. The van der Waals surface area contributed by atoms with Gasteiger partial charge in [-0.05, 0) is 45.8 Å². The Bertz CT molecular complexity index is 510. The summed E-state index contributed by atoms with van der Waals surface area (Å²) in [5.41, 5.74) is 3.63. The van der Waals surface area contributed by atoms with Crippen molar-refractivity contribution >= 4 is 43.5 Å². The van der Waals surface area contributed by atoms with E-state index in [2.05, 4.69) is 37.3 Å². The van der Waals surface area contributed by atoms with Gasteiger partial charge in [0.2, 0.25) is 0 Å². The fourth-order valence-electron chi connectivity index (χ4n) is 1.58. The minimum Gasteiger partial charge on any atom is -0.466 e. The zero-order valence-corrected chi connectivity index (χ0v) is 12.5. The first-order valence-electron chi connectivity index (χ1n) is 4.77. The summed E-state index contributed by atoms with van der Waals surface area (Å²) in [6.07, 6.45) is 1.60. The number of rotatable bonds is 3. The molecular formula is C11H9Br2ClN2O. The summed E-state index contributed by atoms with van der Waals surface area (Å²) in [4.78, 5) is 0. The van der Waals surface area contributed by atoms with Crippen LogP contribution in [0.1, 0.15) is 17.4 Å². The van der Waals surface area contributed by atoms with E-state index in [1.54, 1.807) is 6.26 Å². The lowest BCUT2D eigenvalue weighted by Crippen LogP contribution is -2.28. The zero-order chi connectivity index (χ0) is 12.4. The van der Waals surface area contributed by atoms with Gasteiger partial charge < -0.3 is 4.42 Å². The molecule has 0 bridgehead atoms. The molecule has 0 aliphatic rings. The summed E-state index contributed by atoms with van der Waals surface area (Å²) in [7, 11) is 0. The van der Waals surface area contributed by atoms with Crippen LogP contribution in [0.25, 0.3) is 0 Å². The van der Waals surface area contributed by atoms with Crippen LogP contribution in [0.15, 0.2) is 43.9 Å². The molecule has 0 radical (unpaired) electrons. The summed E-state index contributed by atoms with van der Waals surface area (Å²) in [6, 6.07) is 7.15. The van der Waals surface area contributed by atoms with Gasteiger partial charge in [0.05, 0.1) is 10.7 Å². The second-order valence-electron chi connectivity index (χ2n) is 3.44. The molecule has 90 valence electrons. The molecule has 3 nitrogen and oxygen atoms in total. The van der Waals surface area contributed by atoms with Gasteiger partial charge in [-0.3, -0.25) is 5.84 Å². The van der Waals surface area contributed by atoms with Gasteiger partial charge in [0.1, 0.15) is 11.8 Å². The van der Waals surface area contributed by atoms with Crippen LogP contribution in [-0.2, 0) is 0 Å². The van der Waals surface area contributed by atoms with Gasteiger partial charge in [-0.25, -0.2) is 5.43 Å². The van der Waals surface area contributed by atoms with Crippen molar-refractivity contribution in [3.05, 3.63) is 55.8 Å². The molecule has 0 saturated carbocycles. The molecule has 0 spiro atoms. The molecule has 1 atom stereocenters. The topological polar surface area (TPSA) is 51.2 Å². The Hall–Kier alpha value is -0.330. The van der Waals surface area contributed by atoms with Gasteiger partial charge in [0.25, 0.3) is 0 Å². The van der Waals surface area contributed by atoms with Crippen molar-refractivity contribution in [1.82, 2.24) is 5.43 Å². The number of nitrogens with one attached hydrogen (secondary N) is 1. The number of hydrazine groups is 1. The quantitative estimate of drug-likeness (QED) is 0.625. The Balaban J connectivity index is 2.45. The predicted octanol–water partition coefficient (Wildman–Crippen LogP) is 4.01. The summed E-state index contributed by atoms with van der Waals surface area (Å²) in [6.45, 7) is 0. The van der Waals surface area contributed by atoms with Crippen LogP contribution in [0.5, 0.6) is 0 Å². The van der Waals surface area contributed by atoms with E-state index in [9.17, 15) is 0 Å². The number of nitrogens with two attached hydrogens (primary N) is 1. The first-order chi connectivity index (χ1) is 8.11. The average molecular weight is 380 g/mol. The highest BCUT2D eigenvalue weighted by molar-refractivity contribution is 9.10. The molecule has 1 heterocycles. The van der Waals surface area contributed by atoms with Gasteiger partial charge in [-0.2, -0.15) is 0 Å². The summed E-state index contributed by atoms with van der Waals surface area (Å²) < 4.78 is 7.15. The second-order valence-corrected chi connectivity index (χ2v) is 5.64. The molecule has 0 amide bonds. The van der Waals surface area contributed by atoms with Gasteiger partial charge in [-0.15, -0.1) is 0 Å². The Kier molecular flexibility index (Phi) is 4.27. The van der Waals surface area contributed by atoms with Gasteiger partial charge in [-0.1, -0.05) is 27.5 Å². The average Bonchev–Trinajstić information content (AvgIpc) is 2.65. The summed E-state index contributed by atoms with van der Waals surface area (Å²) in [5, 5.41) is 0.636. The Morgan fingerprint density at radius 2 is 2.06 bits per heavy atom. The van der Waals surface area contributed by atoms with E-state index in [0.29, 0.717) is 10.8 Å². The van der Waals surface area contributed by atoms with Crippen LogP contribution < -0.4 is 11.3 Å². The Morgan fingerprint density at radius 1 is 1.29 bits per heavy atom. The molecule has 0 saturated heterocycles. The smallest absolute Gasteiger partial charge is 0.140 e. The highest BCUT2D eigenvalue weighted by Gasteiger charge is 2.19. The maximum atomic E-state index is 6.01. The van der Waals surface area contributed by atoms with Gasteiger partial charge in [0.15, 0.2) is 0 Å².